The van der Waals surface area contributed by atoms with Crippen LogP contribution in [0.2, 0.25) is 5.02 Å². The molecule has 0 amide bonds. The average Bonchev–Trinajstić information content (AvgIpc) is 2.38. The molecule has 2 rings (SSSR count). The van der Waals surface area contributed by atoms with Crippen LogP contribution in [0.3, 0.4) is 0 Å². The van der Waals surface area contributed by atoms with Crippen molar-refractivity contribution in [3.63, 3.8) is 0 Å². The molecule has 0 saturated heterocycles. The lowest BCUT2D eigenvalue weighted by molar-refractivity contribution is -0.142. The third-order valence-corrected chi connectivity index (χ3v) is 3.27. The monoisotopic (exact) mass is 255 g/mol. The van der Waals surface area contributed by atoms with Crippen LogP contribution in [-0.2, 0) is 9.53 Å². The van der Waals surface area contributed by atoms with Gasteiger partial charge in [-0.05, 0) is 18.6 Å². The molecule has 0 fully saturated rings. The number of anilines is 1. The van der Waals surface area contributed by atoms with Gasteiger partial charge >= 0.3 is 5.97 Å². The Morgan fingerprint density at radius 3 is 2.88 bits per heavy atom. The predicted molar refractivity (Wildman–Crippen MR) is 65.9 cm³/mol. The molecular formula is C12H14ClNO3. The van der Waals surface area contributed by atoms with Gasteiger partial charge in [0.15, 0.2) is 0 Å². The van der Waals surface area contributed by atoms with Gasteiger partial charge in [0.25, 0.3) is 0 Å². The number of carbonyl (C=O) groups is 1. The Kier molecular flexibility index (Phi) is 3.43. The maximum absolute atomic E-state index is 11.7. The summed E-state index contributed by atoms with van der Waals surface area (Å²) < 4.78 is 10.1. The maximum Gasteiger partial charge on any atom is 0.313 e. The second-order valence-corrected chi connectivity index (χ2v) is 4.24. The van der Waals surface area contributed by atoms with Gasteiger partial charge in [0, 0.05) is 17.1 Å². The Hall–Kier alpha value is -1.42. The Morgan fingerprint density at radius 1 is 1.47 bits per heavy atom. The SMILES string of the molecule is COC(=O)C1CCNc2c(OC)ccc(Cl)c21. The minimum absolute atomic E-state index is 0.261. The van der Waals surface area contributed by atoms with E-state index in [1.165, 1.54) is 7.11 Å². The molecule has 0 bridgehead atoms. The molecule has 1 N–H and O–H groups in total. The van der Waals surface area contributed by atoms with Crippen molar-refractivity contribution < 1.29 is 14.3 Å². The smallest absolute Gasteiger partial charge is 0.313 e. The number of benzene rings is 1. The summed E-state index contributed by atoms with van der Waals surface area (Å²) in [6, 6.07) is 3.52. The van der Waals surface area contributed by atoms with Gasteiger partial charge in [-0.2, -0.15) is 0 Å². The van der Waals surface area contributed by atoms with Crippen LogP contribution < -0.4 is 10.1 Å². The summed E-state index contributed by atoms with van der Waals surface area (Å²) in [6.45, 7) is 0.698. The lowest BCUT2D eigenvalue weighted by atomic mass is 9.90. The standard InChI is InChI=1S/C12H14ClNO3/c1-16-9-4-3-8(13)10-7(12(15)17-2)5-6-14-11(9)10/h3-4,7,14H,5-6H2,1-2H3. The number of hydrogen-bond donors (Lipinski definition) is 1. The normalized spacial score (nSPS) is 17.9. The Balaban J connectivity index is 2.53. The lowest BCUT2D eigenvalue weighted by Crippen LogP contribution is -2.24. The predicted octanol–water partition coefficient (Wildman–Crippen LogP) is 2.42. The molecule has 0 aromatic heterocycles. The number of ether oxygens (including phenoxy) is 2. The number of fused-ring (bicyclic) bond motifs is 1. The van der Waals surface area contributed by atoms with Crippen LogP contribution in [0.5, 0.6) is 5.75 Å². The summed E-state index contributed by atoms with van der Waals surface area (Å²) in [4.78, 5) is 11.7. The van der Waals surface area contributed by atoms with E-state index in [9.17, 15) is 4.79 Å². The highest BCUT2D eigenvalue weighted by atomic mass is 35.5. The van der Waals surface area contributed by atoms with Crippen LogP contribution in [-0.4, -0.2) is 26.7 Å². The zero-order valence-corrected chi connectivity index (χ0v) is 10.5. The molecule has 1 unspecified atom stereocenters. The third-order valence-electron chi connectivity index (χ3n) is 2.94. The second kappa shape index (κ2) is 4.84. The first-order valence-electron chi connectivity index (χ1n) is 5.37. The highest BCUT2D eigenvalue weighted by Gasteiger charge is 2.31. The quantitative estimate of drug-likeness (QED) is 0.825. The zero-order chi connectivity index (χ0) is 12.4. The first-order chi connectivity index (χ1) is 8.19. The van der Waals surface area contributed by atoms with E-state index >= 15 is 0 Å². The van der Waals surface area contributed by atoms with Crippen LogP contribution >= 0.6 is 11.6 Å². The minimum Gasteiger partial charge on any atom is -0.495 e. The molecule has 0 aliphatic carbocycles. The molecule has 0 radical (unpaired) electrons. The van der Waals surface area contributed by atoms with Crippen LogP contribution in [0, 0.1) is 0 Å². The van der Waals surface area contributed by atoms with Crippen LogP contribution in [0.25, 0.3) is 0 Å². The van der Waals surface area contributed by atoms with E-state index in [1.54, 1.807) is 19.2 Å². The van der Waals surface area contributed by atoms with Crippen molar-refractivity contribution in [2.24, 2.45) is 0 Å². The van der Waals surface area contributed by atoms with Crippen LogP contribution in [0.1, 0.15) is 17.9 Å². The summed E-state index contributed by atoms with van der Waals surface area (Å²) in [7, 11) is 2.98. The van der Waals surface area contributed by atoms with Crippen molar-refractivity contribution in [3.8, 4) is 5.75 Å². The molecule has 1 aliphatic rings. The van der Waals surface area contributed by atoms with Crippen molar-refractivity contribution in [3.05, 3.63) is 22.7 Å². The number of methoxy groups -OCH3 is 2. The summed E-state index contributed by atoms with van der Waals surface area (Å²) in [5.41, 5.74) is 1.56. The molecule has 0 saturated carbocycles. The zero-order valence-electron chi connectivity index (χ0n) is 9.75. The number of esters is 1. The summed E-state index contributed by atoms with van der Waals surface area (Å²) in [5, 5.41) is 3.77. The van der Waals surface area contributed by atoms with Crippen molar-refractivity contribution >= 4 is 23.3 Å². The summed E-state index contributed by atoms with van der Waals surface area (Å²) >= 11 is 6.16. The number of halogens is 1. The van der Waals surface area contributed by atoms with Gasteiger partial charge in [-0.25, -0.2) is 0 Å². The molecular weight excluding hydrogens is 242 g/mol. The number of carbonyl (C=O) groups excluding carboxylic acids is 1. The Labute approximate surface area is 105 Å². The second-order valence-electron chi connectivity index (χ2n) is 3.83. The molecule has 1 aliphatic heterocycles. The van der Waals surface area contributed by atoms with Gasteiger partial charge in [-0.15, -0.1) is 0 Å². The maximum atomic E-state index is 11.7. The first-order valence-corrected chi connectivity index (χ1v) is 5.75. The van der Waals surface area contributed by atoms with Crippen molar-refractivity contribution in [1.29, 1.82) is 0 Å². The first kappa shape index (κ1) is 12.0. The van der Waals surface area contributed by atoms with E-state index in [2.05, 4.69) is 5.32 Å². The highest BCUT2D eigenvalue weighted by molar-refractivity contribution is 6.32. The van der Waals surface area contributed by atoms with Gasteiger partial charge in [0.05, 0.1) is 25.8 Å². The van der Waals surface area contributed by atoms with E-state index < -0.39 is 0 Å². The average molecular weight is 256 g/mol. The van der Waals surface area contributed by atoms with E-state index in [0.29, 0.717) is 23.7 Å². The van der Waals surface area contributed by atoms with Crippen molar-refractivity contribution in [2.45, 2.75) is 12.3 Å². The fourth-order valence-corrected chi connectivity index (χ4v) is 2.42. The van der Waals surface area contributed by atoms with Crippen molar-refractivity contribution in [1.82, 2.24) is 0 Å². The largest absolute Gasteiger partial charge is 0.495 e. The van der Waals surface area contributed by atoms with Gasteiger partial charge < -0.3 is 14.8 Å². The molecule has 92 valence electrons. The van der Waals surface area contributed by atoms with Crippen molar-refractivity contribution in [2.75, 3.05) is 26.1 Å². The molecule has 17 heavy (non-hydrogen) atoms. The minimum atomic E-state index is -0.321. The molecule has 0 spiro atoms. The molecule has 1 aromatic carbocycles. The summed E-state index contributed by atoms with van der Waals surface area (Å²) in [6.07, 6.45) is 0.673. The third kappa shape index (κ3) is 2.05. The summed E-state index contributed by atoms with van der Waals surface area (Å²) in [5.74, 6) is 0.111. The Morgan fingerprint density at radius 2 is 2.24 bits per heavy atom. The molecule has 4 nitrogen and oxygen atoms in total. The number of hydrogen-bond acceptors (Lipinski definition) is 4. The van der Waals surface area contributed by atoms with Crippen LogP contribution in [0.15, 0.2) is 12.1 Å². The van der Waals surface area contributed by atoms with Gasteiger partial charge in [0.2, 0.25) is 0 Å². The highest BCUT2D eigenvalue weighted by Crippen LogP contribution is 2.42. The van der Waals surface area contributed by atoms with E-state index in [4.69, 9.17) is 21.1 Å². The van der Waals surface area contributed by atoms with Gasteiger partial charge in [-0.3, -0.25) is 4.79 Å². The topological polar surface area (TPSA) is 47.6 Å². The fourth-order valence-electron chi connectivity index (χ4n) is 2.13. The van der Waals surface area contributed by atoms with E-state index in [0.717, 1.165) is 11.3 Å². The fraction of sp³-hybridized carbons (Fsp3) is 0.417. The van der Waals surface area contributed by atoms with E-state index in [-0.39, 0.29) is 11.9 Å². The number of nitrogens with one attached hydrogen (secondary N) is 1. The molecule has 1 atom stereocenters. The van der Waals surface area contributed by atoms with Gasteiger partial charge in [-0.1, -0.05) is 11.6 Å². The number of rotatable bonds is 2. The van der Waals surface area contributed by atoms with Gasteiger partial charge in [0.1, 0.15) is 5.75 Å². The van der Waals surface area contributed by atoms with E-state index in [1.807, 2.05) is 0 Å². The molecule has 1 heterocycles. The molecule has 5 heteroatoms. The van der Waals surface area contributed by atoms with Crippen LogP contribution in [0.4, 0.5) is 5.69 Å². The molecule has 1 aromatic rings. The Bertz CT molecular complexity index is 448. The lowest BCUT2D eigenvalue weighted by Gasteiger charge is -2.27.